The Labute approximate surface area is 125 Å². The number of halogens is 1. The van der Waals surface area contributed by atoms with E-state index in [0.29, 0.717) is 29.8 Å². The molecule has 0 atom stereocenters. The van der Waals surface area contributed by atoms with Crippen molar-refractivity contribution in [2.75, 3.05) is 13.1 Å². The van der Waals surface area contributed by atoms with Crippen molar-refractivity contribution < 1.29 is 13.2 Å². The minimum Gasteiger partial charge on any atom is -0.339 e. The lowest BCUT2D eigenvalue weighted by Gasteiger charge is -2.22. The number of rotatable bonds is 4. The molecule has 0 fully saturated rings. The molecule has 20 heavy (non-hydrogen) atoms. The Bertz CT molecular complexity index is 634. The van der Waals surface area contributed by atoms with Gasteiger partial charge in [-0.15, -0.1) is 0 Å². The van der Waals surface area contributed by atoms with E-state index in [4.69, 9.17) is 10.7 Å². The van der Waals surface area contributed by atoms with E-state index in [0.717, 1.165) is 5.56 Å². The van der Waals surface area contributed by atoms with Gasteiger partial charge in [0.25, 0.3) is 15.0 Å². The third-order valence-electron chi connectivity index (χ3n) is 3.41. The zero-order valence-electron chi connectivity index (χ0n) is 12.4. The van der Waals surface area contributed by atoms with Crippen LogP contribution in [0.1, 0.15) is 40.9 Å². The van der Waals surface area contributed by atoms with Crippen LogP contribution >= 0.6 is 10.7 Å². The van der Waals surface area contributed by atoms with Crippen molar-refractivity contribution in [3.8, 4) is 0 Å². The Hall–Kier alpha value is -1.07. The molecule has 0 spiro atoms. The van der Waals surface area contributed by atoms with Crippen LogP contribution < -0.4 is 0 Å². The zero-order chi connectivity index (χ0) is 15.7. The van der Waals surface area contributed by atoms with E-state index in [-0.39, 0.29) is 10.8 Å². The largest absolute Gasteiger partial charge is 0.339 e. The van der Waals surface area contributed by atoms with Gasteiger partial charge in [-0.2, -0.15) is 0 Å². The number of hydrogen-bond donors (Lipinski definition) is 0. The third kappa shape index (κ3) is 3.15. The molecular weight excluding hydrogens is 298 g/mol. The monoisotopic (exact) mass is 317 g/mol. The standard InChI is InChI=1S/C14H20ClNO3S/c1-6-16(7-2)14(17)12-9(3)8-10(4)13(11(12)5)20(15,18)19/h8H,6-7H2,1-5H3. The first-order valence-electron chi connectivity index (χ1n) is 6.49. The van der Waals surface area contributed by atoms with Gasteiger partial charge in [0, 0.05) is 29.3 Å². The van der Waals surface area contributed by atoms with Crippen LogP contribution in [0.2, 0.25) is 0 Å². The SMILES string of the molecule is CCN(CC)C(=O)c1c(C)cc(C)c(S(=O)(=O)Cl)c1C. The third-order valence-corrected chi connectivity index (χ3v) is 4.99. The van der Waals surface area contributed by atoms with Crippen molar-refractivity contribution in [2.24, 2.45) is 0 Å². The van der Waals surface area contributed by atoms with Crippen LogP contribution in [0.3, 0.4) is 0 Å². The number of carbonyl (C=O) groups is 1. The minimum absolute atomic E-state index is 0.0419. The van der Waals surface area contributed by atoms with E-state index in [1.165, 1.54) is 0 Å². The Morgan fingerprint density at radius 2 is 1.65 bits per heavy atom. The number of nitrogens with zero attached hydrogens (tertiary/aromatic N) is 1. The van der Waals surface area contributed by atoms with Gasteiger partial charge in [-0.3, -0.25) is 4.79 Å². The quantitative estimate of drug-likeness (QED) is 0.802. The lowest BCUT2D eigenvalue weighted by molar-refractivity contribution is 0.0771. The lowest BCUT2D eigenvalue weighted by atomic mass is 9.98. The average Bonchev–Trinajstić information content (AvgIpc) is 2.27. The highest BCUT2D eigenvalue weighted by molar-refractivity contribution is 8.13. The van der Waals surface area contributed by atoms with Crippen molar-refractivity contribution in [3.05, 3.63) is 28.3 Å². The van der Waals surface area contributed by atoms with Gasteiger partial charge in [0.05, 0.1) is 4.90 Å². The maximum Gasteiger partial charge on any atom is 0.261 e. The number of hydrogen-bond acceptors (Lipinski definition) is 3. The molecule has 0 saturated heterocycles. The van der Waals surface area contributed by atoms with Crippen molar-refractivity contribution in [1.29, 1.82) is 0 Å². The molecule has 0 heterocycles. The summed E-state index contributed by atoms with van der Waals surface area (Å²) in [6.45, 7) is 10.0. The molecule has 112 valence electrons. The molecule has 1 amide bonds. The molecule has 6 heteroatoms. The molecule has 0 aliphatic heterocycles. The summed E-state index contributed by atoms with van der Waals surface area (Å²) in [5.41, 5.74) is 2.18. The van der Waals surface area contributed by atoms with Crippen LogP contribution in [0, 0.1) is 20.8 Å². The van der Waals surface area contributed by atoms with Gasteiger partial charge in [-0.05, 0) is 51.3 Å². The molecule has 0 aromatic heterocycles. The van der Waals surface area contributed by atoms with Gasteiger partial charge in [0.1, 0.15) is 0 Å². The molecule has 4 nitrogen and oxygen atoms in total. The molecule has 0 aliphatic carbocycles. The number of amides is 1. The maximum absolute atomic E-state index is 12.5. The van der Waals surface area contributed by atoms with Crippen molar-refractivity contribution >= 4 is 25.6 Å². The van der Waals surface area contributed by atoms with Crippen LogP contribution in [0.4, 0.5) is 0 Å². The summed E-state index contributed by atoms with van der Waals surface area (Å²) >= 11 is 0. The van der Waals surface area contributed by atoms with Crippen LogP contribution in [0.15, 0.2) is 11.0 Å². The predicted octanol–water partition coefficient (Wildman–Crippen LogP) is 3.02. The Balaban J connectivity index is 3.61. The molecule has 1 rings (SSSR count). The highest BCUT2D eigenvalue weighted by atomic mass is 35.7. The lowest BCUT2D eigenvalue weighted by Crippen LogP contribution is -2.32. The van der Waals surface area contributed by atoms with Gasteiger partial charge in [0.15, 0.2) is 0 Å². The van der Waals surface area contributed by atoms with Crippen LogP contribution in [-0.4, -0.2) is 32.3 Å². The summed E-state index contributed by atoms with van der Waals surface area (Å²) < 4.78 is 23.4. The molecule has 0 aliphatic rings. The second-order valence-corrected chi connectivity index (χ2v) is 7.26. The first-order chi connectivity index (χ1) is 9.15. The second kappa shape index (κ2) is 6.14. The number of carbonyl (C=O) groups excluding carboxylic acids is 1. The predicted molar refractivity (Wildman–Crippen MR) is 80.9 cm³/mol. The molecule has 0 unspecified atom stereocenters. The average molecular weight is 318 g/mol. The van der Waals surface area contributed by atoms with E-state index >= 15 is 0 Å². The number of benzene rings is 1. The summed E-state index contributed by atoms with van der Waals surface area (Å²) in [5, 5.41) is 0. The fraction of sp³-hybridized carbons (Fsp3) is 0.500. The van der Waals surface area contributed by atoms with Crippen LogP contribution in [0.25, 0.3) is 0 Å². The van der Waals surface area contributed by atoms with Crippen LogP contribution in [-0.2, 0) is 9.05 Å². The van der Waals surface area contributed by atoms with E-state index in [9.17, 15) is 13.2 Å². The maximum atomic E-state index is 12.5. The zero-order valence-corrected chi connectivity index (χ0v) is 14.0. The van der Waals surface area contributed by atoms with Crippen molar-refractivity contribution in [1.82, 2.24) is 4.90 Å². The number of aryl methyl sites for hydroxylation is 2. The van der Waals surface area contributed by atoms with E-state index < -0.39 is 9.05 Å². The highest BCUT2D eigenvalue weighted by Crippen LogP contribution is 2.29. The topological polar surface area (TPSA) is 54.5 Å². The first kappa shape index (κ1) is 17.0. The van der Waals surface area contributed by atoms with Gasteiger partial charge in [-0.1, -0.05) is 6.07 Å². The normalized spacial score (nSPS) is 11.5. The highest BCUT2D eigenvalue weighted by Gasteiger charge is 2.25. The van der Waals surface area contributed by atoms with Crippen LogP contribution in [0.5, 0.6) is 0 Å². The Morgan fingerprint density at radius 1 is 1.15 bits per heavy atom. The first-order valence-corrected chi connectivity index (χ1v) is 8.80. The molecule has 0 bridgehead atoms. The molecule has 0 saturated carbocycles. The van der Waals surface area contributed by atoms with Gasteiger partial charge < -0.3 is 4.90 Å². The second-order valence-electron chi connectivity index (χ2n) is 4.75. The Morgan fingerprint density at radius 3 is 2.05 bits per heavy atom. The van der Waals surface area contributed by atoms with Gasteiger partial charge in [-0.25, -0.2) is 8.42 Å². The summed E-state index contributed by atoms with van der Waals surface area (Å²) in [6, 6.07) is 1.69. The molecule has 1 aromatic rings. The summed E-state index contributed by atoms with van der Waals surface area (Å²) in [5.74, 6) is -0.161. The smallest absolute Gasteiger partial charge is 0.261 e. The molecule has 0 N–H and O–H groups in total. The molecular formula is C14H20ClNO3S. The fourth-order valence-electron chi connectivity index (χ4n) is 2.54. The minimum atomic E-state index is -3.87. The van der Waals surface area contributed by atoms with E-state index in [1.54, 1.807) is 31.7 Å². The Kier molecular flexibility index (Phi) is 5.21. The summed E-state index contributed by atoms with van der Waals surface area (Å²) in [7, 11) is 1.62. The summed E-state index contributed by atoms with van der Waals surface area (Å²) in [4.78, 5) is 14.2. The van der Waals surface area contributed by atoms with Gasteiger partial charge in [0.2, 0.25) is 0 Å². The van der Waals surface area contributed by atoms with E-state index in [2.05, 4.69) is 0 Å². The summed E-state index contributed by atoms with van der Waals surface area (Å²) in [6.07, 6.45) is 0. The van der Waals surface area contributed by atoms with E-state index in [1.807, 2.05) is 13.8 Å². The fourth-order valence-corrected chi connectivity index (χ4v) is 4.16. The molecule has 1 aromatic carbocycles. The van der Waals surface area contributed by atoms with Crippen molar-refractivity contribution in [3.63, 3.8) is 0 Å². The van der Waals surface area contributed by atoms with Gasteiger partial charge >= 0.3 is 0 Å². The molecule has 0 radical (unpaired) electrons. The van der Waals surface area contributed by atoms with Crippen molar-refractivity contribution in [2.45, 2.75) is 39.5 Å².